The monoisotopic (exact) mass is 451 g/mol. The molecule has 6 nitrogen and oxygen atoms in total. The topological polar surface area (TPSA) is 79.5 Å². The second-order valence-corrected chi connectivity index (χ2v) is 7.55. The Labute approximate surface area is 190 Å². The number of carbonyl (C=O) groups excluding carboxylic acids is 2. The summed E-state index contributed by atoms with van der Waals surface area (Å²) < 4.78 is 18.6. The number of amides is 2. The molecule has 3 N–H and O–H groups in total. The minimum absolute atomic E-state index is 0.0106. The van der Waals surface area contributed by atoms with E-state index in [1.54, 1.807) is 48.5 Å². The highest BCUT2D eigenvalue weighted by atomic mass is 32.1. The van der Waals surface area contributed by atoms with E-state index < -0.39 is 0 Å². The number of benzene rings is 3. The van der Waals surface area contributed by atoms with Crippen molar-refractivity contribution >= 4 is 40.5 Å². The summed E-state index contributed by atoms with van der Waals surface area (Å²) >= 11 is 5.23. The Morgan fingerprint density at radius 1 is 0.844 bits per heavy atom. The van der Waals surface area contributed by atoms with E-state index in [1.807, 2.05) is 13.8 Å². The molecule has 0 bridgehead atoms. The van der Waals surface area contributed by atoms with Crippen LogP contribution in [0, 0.1) is 5.82 Å². The fourth-order valence-corrected chi connectivity index (χ4v) is 3.01. The lowest BCUT2D eigenvalue weighted by molar-refractivity contribution is 0.0975. The van der Waals surface area contributed by atoms with Gasteiger partial charge in [0.2, 0.25) is 0 Å². The maximum atomic E-state index is 13.0. The van der Waals surface area contributed by atoms with Gasteiger partial charge in [0.25, 0.3) is 11.8 Å². The molecule has 3 aromatic rings. The zero-order chi connectivity index (χ0) is 23.1. The molecule has 0 aliphatic carbocycles. The minimum Gasteiger partial charge on any atom is -0.491 e. The molecule has 0 aromatic heterocycles. The van der Waals surface area contributed by atoms with E-state index in [4.69, 9.17) is 17.0 Å². The van der Waals surface area contributed by atoms with E-state index in [0.29, 0.717) is 28.3 Å². The summed E-state index contributed by atoms with van der Waals surface area (Å²) in [6.07, 6.45) is -0.0106. The van der Waals surface area contributed by atoms with Gasteiger partial charge in [0.05, 0.1) is 6.10 Å². The summed E-state index contributed by atoms with van der Waals surface area (Å²) in [5, 5.41) is 8.28. The molecule has 0 unspecified atom stereocenters. The molecule has 8 heteroatoms. The van der Waals surface area contributed by atoms with Gasteiger partial charge in [-0.3, -0.25) is 14.9 Å². The van der Waals surface area contributed by atoms with E-state index in [1.165, 1.54) is 24.3 Å². The predicted octanol–water partition coefficient (Wildman–Crippen LogP) is 4.99. The second kappa shape index (κ2) is 10.5. The highest BCUT2D eigenvalue weighted by Gasteiger charge is 2.11. The maximum Gasteiger partial charge on any atom is 0.257 e. The number of rotatable bonds is 6. The van der Waals surface area contributed by atoms with Crippen molar-refractivity contribution in [3.05, 3.63) is 89.7 Å². The summed E-state index contributed by atoms with van der Waals surface area (Å²) in [4.78, 5) is 25.0. The lowest BCUT2D eigenvalue weighted by atomic mass is 10.2. The molecule has 0 spiro atoms. The Kier molecular flexibility index (Phi) is 7.51. The average Bonchev–Trinajstić information content (AvgIpc) is 2.75. The molecule has 0 heterocycles. The van der Waals surface area contributed by atoms with Crippen LogP contribution in [0.4, 0.5) is 15.8 Å². The molecule has 164 valence electrons. The number of carbonyl (C=O) groups is 2. The van der Waals surface area contributed by atoms with E-state index >= 15 is 0 Å². The lowest BCUT2D eigenvalue weighted by Crippen LogP contribution is -2.34. The third-order valence-corrected chi connectivity index (χ3v) is 4.38. The third-order valence-electron chi connectivity index (χ3n) is 4.18. The number of hydrogen-bond donors (Lipinski definition) is 3. The molecule has 0 radical (unpaired) electrons. The smallest absolute Gasteiger partial charge is 0.257 e. The number of nitrogens with one attached hydrogen (secondary N) is 3. The Hall–Kier alpha value is -3.78. The molecular weight excluding hydrogens is 429 g/mol. The summed E-state index contributed by atoms with van der Waals surface area (Å²) in [5.74, 6) is -0.547. The number of ether oxygens (including phenoxy) is 1. The maximum absolute atomic E-state index is 13.0. The standard InChI is InChI=1S/C24H22FN3O3S/c1-15(2)31-21-8-4-6-17(14-21)23(30)28-24(32)27-20-7-3-5-16(13-20)22(29)26-19-11-9-18(25)10-12-19/h3-15H,1-2H3,(H,26,29)(H2,27,28,30,32). The molecule has 0 fully saturated rings. The summed E-state index contributed by atoms with van der Waals surface area (Å²) in [6.45, 7) is 3.81. The average molecular weight is 452 g/mol. The number of halogens is 1. The first kappa shape index (κ1) is 22.9. The highest BCUT2D eigenvalue weighted by Crippen LogP contribution is 2.16. The number of thiocarbonyl (C=S) groups is 1. The van der Waals surface area contributed by atoms with E-state index in [2.05, 4.69) is 16.0 Å². The first-order valence-corrected chi connectivity index (χ1v) is 10.3. The molecule has 32 heavy (non-hydrogen) atoms. The van der Waals surface area contributed by atoms with Crippen molar-refractivity contribution in [2.45, 2.75) is 20.0 Å². The van der Waals surface area contributed by atoms with Crippen LogP contribution in [0.25, 0.3) is 0 Å². The zero-order valence-electron chi connectivity index (χ0n) is 17.5. The second-order valence-electron chi connectivity index (χ2n) is 7.14. The van der Waals surface area contributed by atoms with Crippen LogP contribution in [-0.2, 0) is 0 Å². The van der Waals surface area contributed by atoms with Crippen LogP contribution in [0.2, 0.25) is 0 Å². The molecule has 2 amide bonds. The largest absolute Gasteiger partial charge is 0.491 e. The van der Waals surface area contributed by atoms with Crippen LogP contribution < -0.4 is 20.7 Å². The molecule has 0 atom stereocenters. The van der Waals surface area contributed by atoms with E-state index in [-0.39, 0.29) is 28.8 Å². The van der Waals surface area contributed by atoms with Crippen molar-refractivity contribution in [3.63, 3.8) is 0 Å². The zero-order valence-corrected chi connectivity index (χ0v) is 18.3. The Morgan fingerprint density at radius 3 is 2.19 bits per heavy atom. The molecule has 0 aliphatic heterocycles. The van der Waals surface area contributed by atoms with Gasteiger partial charge in [0, 0.05) is 22.5 Å². The van der Waals surface area contributed by atoms with Gasteiger partial charge < -0.3 is 15.4 Å². The van der Waals surface area contributed by atoms with Gasteiger partial charge in [-0.05, 0) is 86.7 Å². The van der Waals surface area contributed by atoms with E-state index in [9.17, 15) is 14.0 Å². The minimum atomic E-state index is -0.387. The lowest BCUT2D eigenvalue weighted by Gasteiger charge is -2.13. The quantitative estimate of drug-likeness (QED) is 0.460. The third kappa shape index (κ3) is 6.61. The number of hydrogen-bond acceptors (Lipinski definition) is 4. The van der Waals surface area contributed by atoms with E-state index in [0.717, 1.165) is 0 Å². The van der Waals surface area contributed by atoms with Gasteiger partial charge in [-0.25, -0.2) is 4.39 Å². The SMILES string of the molecule is CC(C)Oc1cccc(C(=O)NC(=S)Nc2cccc(C(=O)Nc3ccc(F)cc3)c2)c1. The fourth-order valence-electron chi connectivity index (χ4n) is 2.80. The van der Waals surface area contributed by atoms with Crippen molar-refractivity contribution < 1.29 is 18.7 Å². The van der Waals surface area contributed by atoms with Gasteiger partial charge in [-0.2, -0.15) is 0 Å². The Balaban J connectivity index is 1.61. The van der Waals surface area contributed by atoms with Gasteiger partial charge in [0.1, 0.15) is 11.6 Å². The van der Waals surface area contributed by atoms with Crippen LogP contribution in [0.1, 0.15) is 34.6 Å². The molecular formula is C24H22FN3O3S. The molecule has 0 aliphatic rings. The molecule has 3 rings (SSSR count). The van der Waals surface area contributed by atoms with Crippen LogP contribution in [0.5, 0.6) is 5.75 Å². The molecule has 0 saturated heterocycles. The van der Waals surface area contributed by atoms with Crippen molar-refractivity contribution in [1.29, 1.82) is 0 Å². The first-order valence-electron chi connectivity index (χ1n) is 9.86. The fraction of sp³-hybridized carbons (Fsp3) is 0.125. The van der Waals surface area contributed by atoms with Crippen LogP contribution in [-0.4, -0.2) is 23.0 Å². The normalized spacial score (nSPS) is 10.4. The predicted molar refractivity (Wildman–Crippen MR) is 127 cm³/mol. The van der Waals surface area contributed by atoms with Crippen molar-refractivity contribution in [2.24, 2.45) is 0 Å². The van der Waals surface area contributed by atoms with Gasteiger partial charge in [0.15, 0.2) is 5.11 Å². The van der Waals surface area contributed by atoms with Gasteiger partial charge in [-0.15, -0.1) is 0 Å². The van der Waals surface area contributed by atoms with Crippen LogP contribution >= 0.6 is 12.2 Å². The van der Waals surface area contributed by atoms with Crippen LogP contribution in [0.3, 0.4) is 0 Å². The summed E-state index contributed by atoms with van der Waals surface area (Å²) in [5.41, 5.74) is 1.77. The molecule has 0 saturated carbocycles. The van der Waals surface area contributed by atoms with Gasteiger partial charge >= 0.3 is 0 Å². The van der Waals surface area contributed by atoms with Gasteiger partial charge in [-0.1, -0.05) is 12.1 Å². The first-order chi connectivity index (χ1) is 15.3. The summed E-state index contributed by atoms with van der Waals surface area (Å²) in [7, 11) is 0. The Morgan fingerprint density at radius 2 is 1.50 bits per heavy atom. The summed E-state index contributed by atoms with van der Waals surface area (Å²) in [6, 6.07) is 18.9. The highest BCUT2D eigenvalue weighted by molar-refractivity contribution is 7.80. The van der Waals surface area contributed by atoms with Crippen molar-refractivity contribution in [2.75, 3.05) is 10.6 Å². The van der Waals surface area contributed by atoms with Crippen molar-refractivity contribution in [1.82, 2.24) is 5.32 Å². The Bertz CT molecular complexity index is 1130. The van der Waals surface area contributed by atoms with Crippen LogP contribution in [0.15, 0.2) is 72.8 Å². The molecule has 3 aromatic carbocycles. The number of anilines is 2. The van der Waals surface area contributed by atoms with Crippen molar-refractivity contribution in [3.8, 4) is 5.75 Å².